The number of thiol groups is 1. The SMILES string of the molecule is C[SH](C)(=O)CCO. The van der Waals surface area contributed by atoms with Gasteiger partial charge in [-0.05, 0) is 12.5 Å². The summed E-state index contributed by atoms with van der Waals surface area (Å²) in [6.07, 6.45) is 3.34. The number of hydrogen-bond acceptors (Lipinski definition) is 2. The second-order valence-electron chi connectivity index (χ2n) is 2.02. The molecular formula is C4H12O2S. The van der Waals surface area contributed by atoms with Gasteiger partial charge in [-0.2, -0.15) is 0 Å². The molecule has 0 aromatic rings. The summed E-state index contributed by atoms with van der Waals surface area (Å²) in [5.74, 6) is 0.451. The Morgan fingerprint density at radius 2 is 2.00 bits per heavy atom. The first-order valence-corrected chi connectivity index (χ1v) is 5.00. The van der Waals surface area contributed by atoms with Crippen molar-refractivity contribution in [3.63, 3.8) is 0 Å². The molecule has 1 N–H and O–H groups in total. The monoisotopic (exact) mass is 124 g/mol. The zero-order valence-corrected chi connectivity index (χ0v) is 5.61. The summed E-state index contributed by atoms with van der Waals surface area (Å²) in [4.78, 5) is 0. The minimum atomic E-state index is -1.92. The van der Waals surface area contributed by atoms with Gasteiger partial charge in [-0.1, -0.05) is 0 Å². The lowest BCUT2D eigenvalue weighted by Gasteiger charge is -2.06. The molecule has 0 amide bonds. The summed E-state index contributed by atoms with van der Waals surface area (Å²) in [7, 11) is -1.92. The number of aliphatic hydroxyl groups is 1. The molecule has 0 fully saturated rings. The molecule has 2 nitrogen and oxygen atoms in total. The third-order valence-corrected chi connectivity index (χ3v) is 1.92. The topological polar surface area (TPSA) is 37.3 Å². The van der Waals surface area contributed by atoms with Crippen molar-refractivity contribution < 1.29 is 9.32 Å². The van der Waals surface area contributed by atoms with Crippen molar-refractivity contribution in [2.75, 3.05) is 24.9 Å². The van der Waals surface area contributed by atoms with Crippen LogP contribution in [0.25, 0.3) is 0 Å². The molecule has 7 heavy (non-hydrogen) atoms. The average molecular weight is 124 g/mol. The van der Waals surface area contributed by atoms with Gasteiger partial charge in [0.2, 0.25) is 0 Å². The minimum absolute atomic E-state index is 0.0459. The molecule has 3 heteroatoms. The molecule has 0 heterocycles. The van der Waals surface area contributed by atoms with E-state index in [9.17, 15) is 4.21 Å². The maximum atomic E-state index is 10.7. The van der Waals surface area contributed by atoms with E-state index in [0.29, 0.717) is 5.75 Å². The van der Waals surface area contributed by atoms with Gasteiger partial charge in [-0.25, -0.2) is 0 Å². The van der Waals surface area contributed by atoms with E-state index in [0.717, 1.165) is 0 Å². The van der Waals surface area contributed by atoms with Gasteiger partial charge in [-0.15, -0.1) is 9.93 Å². The summed E-state index contributed by atoms with van der Waals surface area (Å²) in [6.45, 7) is 0.0459. The van der Waals surface area contributed by atoms with Gasteiger partial charge in [0, 0.05) is 5.75 Å². The number of aliphatic hydroxyl groups excluding tert-OH is 1. The highest BCUT2D eigenvalue weighted by Gasteiger charge is 1.95. The average Bonchev–Trinajstić information content (AvgIpc) is 1.30. The van der Waals surface area contributed by atoms with Crippen LogP contribution in [0.15, 0.2) is 0 Å². The van der Waals surface area contributed by atoms with Crippen molar-refractivity contribution in [3.05, 3.63) is 0 Å². The number of rotatable bonds is 2. The quantitative estimate of drug-likeness (QED) is 0.475. The summed E-state index contributed by atoms with van der Waals surface area (Å²) in [5, 5.41) is 8.23. The van der Waals surface area contributed by atoms with E-state index in [1.807, 2.05) is 0 Å². The molecular weight excluding hydrogens is 112 g/mol. The Morgan fingerprint density at radius 3 is 2.00 bits per heavy atom. The highest BCUT2D eigenvalue weighted by Crippen LogP contribution is 1.88. The fourth-order valence-corrected chi connectivity index (χ4v) is 0.722. The maximum absolute atomic E-state index is 10.7. The molecule has 0 saturated carbocycles. The lowest BCUT2D eigenvalue weighted by Crippen LogP contribution is -2.14. The third-order valence-electron chi connectivity index (χ3n) is 0.639. The molecule has 0 aromatic heterocycles. The lowest BCUT2D eigenvalue weighted by molar-refractivity contribution is 0.321. The summed E-state index contributed by atoms with van der Waals surface area (Å²) in [6, 6.07) is 0. The first kappa shape index (κ1) is 7.11. The van der Waals surface area contributed by atoms with E-state index in [2.05, 4.69) is 0 Å². The third kappa shape index (κ3) is 6.11. The highest BCUT2D eigenvalue weighted by atomic mass is 32.2. The van der Waals surface area contributed by atoms with Crippen molar-refractivity contribution in [1.82, 2.24) is 0 Å². The Morgan fingerprint density at radius 1 is 1.57 bits per heavy atom. The van der Waals surface area contributed by atoms with Crippen molar-refractivity contribution in [2.24, 2.45) is 0 Å². The Balaban J connectivity index is 3.36. The molecule has 0 unspecified atom stereocenters. The van der Waals surface area contributed by atoms with Crippen LogP contribution in [0, 0.1) is 0 Å². The van der Waals surface area contributed by atoms with Crippen LogP contribution < -0.4 is 0 Å². The van der Waals surface area contributed by atoms with Gasteiger partial charge in [-0.3, -0.25) is 4.21 Å². The molecule has 0 aliphatic heterocycles. The lowest BCUT2D eigenvalue weighted by atomic mass is 10.9. The van der Waals surface area contributed by atoms with Crippen LogP contribution >= 0.6 is 0 Å². The van der Waals surface area contributed by atoms with Gasteiger partial charge >= 0.3 is 0 Å². The van der Waals surface area contributed by atoms with Gasteiger partial charge in [0.25, 0.3) is 0 Å². The molecule has 46 valence electrons. The highest BCUT2D eigenvalue weighted by molar-refractivity contribution is 8.01. The van der Waals surface area contributed by atoms with Gasteiger partial charge < -0.3 is 5.11 Å². The fourth-order valence-electron chi connectivity index (χ4n) is 0.241. The molecule has 0 aromatic carbocycles. The van der Waals surface area contributed by atoms with Crippen molar-refractivity contribution in [3.8, 4) is 0 Å². The van der Waals surface area contributed by atoms with Gasteiger partial charge in [0.05, 0.1) is 6.61 Å². The Bertz CT molecular complexity index is 83.7. The maximum Gasteiger partial charge on any atom is 0.0527 e. The van der Waals surface area contributed by atoms with Crippen LogP contribution in [0.3, 0.4) is 0 Å². The van der Waals surface area contributed by atoms with Gasteiger partial charge in [0.1, 0.15) is 0 Å². The van der Waals surface area contributed by atoms with Crippen LogP contribution in [-0.2, 0) is 9.93 Å². The van der Waals surface area contributed by atoms with Crippen LogP contribution in [-0.4, -0.2) is 34.2 Å². The minimum Gasteiger partial charge on any atom is -0.395 e. The van der Waals surface area contributed by atoms with E-state index in [4.69, 9.17) is 5.11 Å². The second kappa shape index (κ2) is 2.43. The molecule has 0 radical (unpaired) electrons. The van der Waals surface area contributed by atoms with Gasteiger partial charge in [0.15, 0.2) is 0 Å². The predicted octanol–water partition coefficient (Wildman–Crippen LogP) is -0.745. The molecule has 0 bridgehead atoms. The fraction of sp³-hybridized carbons (Fsp3) is 1.00. The first-order valence-electron chi connectivity index (χ1n) is 2.21. The molecule has 0 aliphatic carbocycles. The number of hydrogen-bond donors (Lipinski definition) is 2. The second-order valence-corrected chi connectivity index (χ2v) is 5.62. The summed E-state index contributed by atoms with van der Waals surface area (Å²) >= 11 is 0. The zero-order valence-electron chi connectivity index (χ0n) is 4.72. The largest absolute Gasteiger partial charge is 0.395 e. The van der Waals surface area contributed by atoms with Crippen molar-refractivity contribution in [1.29, 1.82) is 0 Å². The zero-order chi connectivity index (χ0) is 5.91. The van der Waals surface area contributed by atoms with E-state index in [1.165, 1.54) is 0 Å². The molecule has 0 rings (SSSR count). The molecule has 0 spiro atoms. The smallest absolute Gasteiger partial charge is 0.0527 e. The van der Waals surface area contributed by atoms with E-state index >= 15 is 0 Å². The molecule has 0 atom stereocenters. The summed E-state index contributed by atoms with van der Waals surface area (Å²) in [5.41, 5.74) is 0. The first-order chi connectivity index (χ1) is 3.06. The van der Waals surface area contributed by atoms with Crippen LogP contribution in [0.5, 0.6) is 0 Å². The standard InChI is InChI=1S/C4H12O2S/c1-7(2,6)4-3-5/h5,7H,3-4H2,1-2H3. The Kier molecular flexibility index (Phi) is 2.46. The van der Waals surface area contributed by atoms with Crippen molar-refractivity contribution in [2.45, 2.75) is 0 Å². The summed E-state index contributed by atoms with van der Waals surface area (Å²) < 4.78 is 10.7. The predicted molar refractivity (Wildman–Crippen MR) is 33.3 cm³/mol. The van der Waals surface area contributed by atoms with Crippen LogP contribution in [0.4, 0.5) is 0 Å². The van der Waals surface area contributed by atoms with E-state index in [-0.39, 0.29) is 6.61 Å². The molecule has 0 saturated heterocycles. The normalized spacial score (nSPS) is 14.1. The van der Waals surface area contributed by atoms with Crippen LogP contribution in [0.2, 0.25) is 0 Å². The molecule has 0 aliphatic rings. The Hall–Kier alpha value is 0.110. The van der Waals surface area contributed by atoms with E-state index in [1.54, 1.807) is 12.5 Å². The Labute approximate surface area is 45.0 Å². The van der Waals surface area contributed by atoms with E-state index < -0.39 is 9.93 Å². The van der Waals surface area contributed by atoms with Crippen LogP contribution in [0.1, 0.15) is 0 Å². The van der Waals surface area contributed by atoms with Crippen molar-refractivity contribution >= 4 is 9.93 Å².